The van der Waals surface area contributed by atoms with Gasteiger partial charge in [-0.1, -0.05) is 0 Å². The fourth-order valence-electron chi connectivity index (χ4n) is 1.10. The van der Waals surface area contributed by atoms with Crippen molar-refractivity contribution in [1.29, 1.82) is 10.5 Å². The van der Waals surface area contributed by atoms with E-state index in [9.17, 15) is 10.1 Å². The van der Waals surface area contributed by atoms with Crippen molar-refractivity contribution in [2.75, 3.05) is 6.61 Å². The Morgan fingerprint density at radius 1 is 1.53 bits per heavy atom. The first-order chi connectivity index (χ1) is 8.08. The number of ether oxygens (including phenoxy) is 1. The van der Waals surface area contributed by atoms with Crippen molar-refractivity contribution in [3.63, 3.8) is 0 Å². The van der Waals surface area contributed by atoms with E-state index in [0.29, 0.717) is 0 Å². The predicted octanol–water partition coefficient (Wildman–Crippen LogP) is 2.00. The smallest absolute Gasteiger partial charge is 0.312 e. The highest BCUT2D eigenvalue weighted by molar-refractivity contribution is 5.51. The van der Waals surface area contributed by atoms with Gasteiger partial charge in [-0.25, -0.2) is 0 Å². The van der Waals surface area contributed by atoms with Crippen molar-refractivity contribution in [1.82, 2.24) is 0 Å². The van der Waals surface area contributed by atoms with E-state index in [-0.39, 0.29) is 29.5 Å². The van der Waals surface area contributed by atoms with E-state index >= 15 is 0 Å². The minimum Gasteiger partial charge on any atom is -0.485 e. The topological polar surface area (TPSA) is 99.9 Å². The van der Waals surface area contributed by atoms with Crippen LogP contribution >= 0.6 is 0 Å². The summed E-state index contributed by atoms with van der Waals surface area (Å²) in [6.45, 7) is 1.72. The van der Waals surface area contributed by atoms with Gasteiger partial charge in [-0.15, -0.1) is 0 Å². The van der Waals surface area contributed by atoms with Crippen LogP contribution in [0.5, 0.6) is 5.75 Å². The first-order valence-electron chi connectivity index (χ1n) is 4.79. The maximum atomic E-state index is 10.8. The molecule has 0 fully saturated rings. The normalized spacial score (nSPS) is 11.0. The second-order valence-electron chi connectivity index (χ2n) is 3.39. The molecule has 0 aliphatic heterocycles. The van der Waals surface area contributed by atoms with Crippen molar-refractivity contribution in [3.05, 3.63) is 33.9 Å². The molecule has 0 radical (unpaired) electrons. The Bertz CT molecular complexity index is 514. The number of nitro benzene ring substituents is 1. The molecule has 6 heteroatoms. The van der Waals surface area contributed by atoms with Gasteiger partial charge in [0.2, 0.25) is 0 Å². The van der Waals surface area contributed by atoms with Crippen LogP contribution in [-0.2, 0) is 0 Å². The number of benzene rings is 1. The molecule has 0 bridgehead atoms. The molecule has 1 atom stereocenters. The molecule has 0 heterocycles. The van der Waals surface area contributed by atoms with Gasteiger partial charge in [0.1, 0.15) is 6.61 Å². The van der Waals surface area contributed by atoms with Crippen LogP contribution in [0.15, 0.2) is 18.2 Å². The maximum absolute atomic E-state index is 10.8. The fraction of sp³-hybridized carbons (Fsp3) is 0.273. The second kappa shape index (κ2) is 5.47. The van der Waals surface area contributed by atoms with Gasteiger partial charge in [0.25, 0.3) is 0 Å². The minimum atomic E-state index is -0.618. The molecule has 1 aromatic carbocycles. The molecule has 1 unspecified atom stereocenters. The Hall–Kier alpha value is -2.60. The molecule has 6 nitrogen and oxygen atoms in total. The zero-order valence-electron chi connectivity index (χ0n) is 9.08. The highest BCUT2D eigenvalue weighted by atomic mass is 16.6. The zero-order chi connectivity index (χ0) is 12.8. The predicted molar refractivity (Wildman–Crippen MR) is 58.1 cm³/mol. The van der Waals surface area contributed by atoms with Crippen LogP contribution in [0, 0.1) is 38.7 Å². The first kappa shape index (κ1) is 12.5. The Morgan fingerprint density at radius 2 is 2.24 bits per heavy atom. The van der Waals surface area contributed by atoms with Gasteiger partial charge in [-0.3, -0.25) is 10.1 Å². The first-order valence-corrected chi connectivity index (χ1v) is 4.79. The van der Waals surface area contributed by atoms with Crippen molar-refractivity contribution in [2.45, 2.75) is 6.92 Å². The largest absolute Gasteiger partial charge is 0.485 e. The molecule has 0 saturated carbocycles. The second-order valence-corrected chi connectivity index (χ2v) is 3.39. The molecule has 86 valence electrons. The summed E-state index contributed by atoms with van der Waals surface area (Å²) in [6, 6.07) is 7.71. The molecule has 1 aromatic rings. The Balaban J connectivity index is 2.96. The lowest BCUT2D eigenvalue weighted by Gasteiger charge is -2.07. The average Bonchev–Trinajstić information content (AvgIpc) is 2.35. The van der Waals surface area contributed by atoms with Gasteiger partial charge in [0, 0.05) is 6.07 Å². The Labute approximate surface area is 97.8 Å². The van der Waals surface area contributed by atoms with Crippen LogP contribution in [0.2, 0.25) is 0 Å². The van der Waals surface area contributed by atoms with E-state index < -0.39 is 4.92 Å². The maximum Gasteiger partial charge on any atom is 0.312 e. The van der Waals surface area contributed by atoms with E-state index in [1.807, 2.05) is 12.1 Å². The molecule has 0 saturated heterocycles. The standard InChI is InChI=1S/C11H9N3O3/c1-8(5-12)7-17-11-3-2-9(6-13)4-10(11)14(15)16/h2-4,8H,7H2,1H3. The average molecular weight is 231 g/mol. The molecule has 0 amide bonds. The summed E-state index contributed by atoms with van der Waals surface area (Å²) >= 11 is 0. The van der Waals surface area contributed by atoms with E-state index in [1.165, 1.54) is 12.1 Å². The third-order valence-electron chi connectivity index (χ3n) is 1.99. The molecule has 0 aliphatic carbocycles. The summed E-state index contributed by atoms with van der Waals surface area (Å²) in [5.41, 5.74) is -0.0772. The van der Waals surface area contributed by atoms with Crippen LogP contribution in [0.25, 0.3) is 0 Å². The molecular formula is C11H9N3O3. The lowest BCUT2D eigenvalue weighted by molar-refractivity contribution is -0.385. The summed E-state index contributed by atoms with van der Waals surface area (Å²) in [4.78, 5) is 10.1. The van der Waals surface area contributed by atoms with Gasteiger partial charge in [-0.2, -0.15) is 10.5 Å². The Kier molecular flexibility index (Phi) is 4.02. The van der Waals surface area contributed by atoms with Crippen molar-refractivity contribution < 1.29 is 9.66 Å². The Morgan fingerprint density at radius 3 is 2.76 bits per heavy atom. The summed E-state index contributed by atoms with van der Waals surface area (Å²) in [7, 11) is 0. The van der Waals surface area contributed by atoms with Gasteiger partial charge in [-0.05, 0) is 19.1 Å². The number of hydrogen-bond acceptors (Lipinski definition) is 5. The highest BCUT2D eigenvalue weighted by Crippen LogP contribution is 2.28. The summed E-state index contributed by atoms with van der Waals surface area (Å²) in [6.07, 6.45) is 0. The molecule has 0 aromatic heterocycles. The van der Waals surface area contributed by atoms with E-state index in [2.05, 4.69) is 0 Å². The lowest BCUT2D eigenvalue weighted by Crippen LogP contribution is -2.07. The van der Waals surface area contributed by atoms with E-state index in [4.69, 9.17) is 15.3 Å². The molecular weight excluding hydrogens is 222 g/mol. The molecule has 1 rings (SSSR count). The van der Waals surface area contributed by atoms with Gasteiger partial charge < -0.3 is 4.74 Å². The third-order valence-corrected chi connectivity index (χ3v) is 1.99. The minimum absolute atomic E-state index is 0.0658. The molecule has 17 heavy (non-hydrogen) atoms. The van der Waals surface area contributed by atoms with Crippen LogP contribution in [0.1, 0.15) is 12.5 Å². The van der Waals surface area contributed by atoms with Gasteiger partial charge >= 0.3 is 5.69 Å². The van der Waals surface area contributed by atoms with Crippen molar-refractivity contribution in [3.8, 4) is 17.9 Å². The molecule has 0 aliphatic rings. The molecule has 0 spiro atoms. The number of nitrogens with zero attached hydrogens (tertiary/aromatic N) is 3. The SMILES string of the molecule is CC(C#N)COc1ccc(C#N)cc1[N+](=O)[O-]. The quantitative estimate of drug-likeness (QED) is 0.582. The fourth-order valence-corrected chi connectivity index (χ4v) is 1.10. The summed E-state index contributed by atoms with van der Waals surface area (Å²) in [5.74, 6) is -0.290. The van der Waals surface area contributed by atoms with E-state index in [0.717, 1.165) is 6.07 Å². The van der Waals surface area contributed by atoms with Crippen LogP contribution in [0.3, 0.4) is 0 Å². The van der Waals surface area contributed by atoms with Crippen molar-refractivity contribution in [2.24, 2.45) is 5.92 Å². The lowest BCUT2D eigenvalue weighted by atomic mass is 10.2. The number of rotatable bonds is 4. The number of hydrogen-bond donors (Lipinski definition) is 0. The van der Waals surface area contributed by atoms with Gasteiger partial charge in [0.05, 0.1) is 28.5 Å². The van der Waals surface area contributed by atoms with Gasteiger partial charge in [0.15, 0.2) is 5.75 Å². The van der Waals surface area contributed by atoms with Crippen molar-refractivity contribution >= 4 is 5.69 Å². The van der Waals surface area contributed by atoms with Crippen LogP contribution in [-0.4, -0.2) is 11.5 Å². The number of nitriles is 2. The third kappa shape index (κ3) is 3.18. The number of nitro groups is 1. The summed E-state index contributed by atoms with van der Waals surface area (Å²) < 4.78 is 5.18. The van der Waals surface area contributed by atoms with E-state index in [1.54, 1.807) is 6.92 Å². The monoisotopic (exact) mass is 231 g/mol. The summed E-state index contributed by atoms with van der Waals surface area (Å²) in [5, 5.41) is 28.0. The molecule has 0 N–H and O–H groups in total. The zero-order valence-corrected chi connectivity index (χ0v) is 9.08. The van der Waals surface area contributed by atoms with Crippen LogP contribution < -0.4 is 4.74 Å². The highest BCUT2D eigenvalue weighted by Gasteiger charge is 2.16. The van der Waals surface area contributed by atoms with Crippen LogP contribution in [0.4, 0.5) is 5.69 Å².